The minimum atomic E-state index is -0.840. The maximum atomic E-state index is 14.9. The van der Waals surface area contributed by atoms with Gasteiger partial charge in [0.15, 0.2) is 11.5 Å². The molecule has 2 fully saturated rings. The summed E-state index contributed by atoms with van der Waals surface area (Å²) in [5, 5.41) is 8.97. The van der Waals surface area contributed by atoms with Crippen molar-refractivity contribution in [3.63, 3.8) is 0 Å². The van der Waals surface area contributed by atoms with Crippen molar-refractivity contribution in [3.05, 3.63) is 83.4 Å². The minimum absolute atomic E-state index is 0.234. The van der Waals surface area contributed by atoms with Gasteiger partial charge in [0.05, 0.1) is 49.1 Å². The second-order valence-corrected chi connectivity index (χ2v) is 16.0. The number of amides is 4. The summed E-state index contributed by atoms with van der Waals surface area (Å²) in [7, 11) is 8.38. The molecule has 3 aromatic carbocycles. The van der Waals surface area contributed by atoms with Gasteiger partial charge in [-0.1, -0.05) is 30.3 Å². The molecule has 4 amide bonds. The molecule has 3 aromatic rings. The lowest BCUT2D eigenvalue weighted by Gasteiger charge is -2.41. The number of hydrogen-bond acceptors (Lipinski definition) is 10. The number of fused-ring (bicyclic) bond motifs is 4. The monoisotopic (exact) mass is 772 g/mol. The normalized spacial score (nSPS) is 28.0. The van der Waals surface area contributed by atoms with E-state index in [1.807, 2.05) is 66.7 Å². The fourth-order valence-electron chi connectivity index (χ4n) is 7.51. The summed E-state index contributed by atoms with van der Waals surface area (Å²) in [4.78, 5) is 62.1. The molecule has 0 aromatic heterocycles. The van der Waals surface area contributed by atoms with E-state index in [1.165, 1.54) is 11.8 Å². The lowest BCUT2D eigenvalue weighted by molar-refractivity contribution is -0.146. The molecule has 4 aliphatic rings. The molecule has 4 aliphatic heterocycles. The van der Waals surface area contributed by atoms with Crippen LogP contribution in [0, 0.1) is 0 Å². The summed E-state index contributed by atoms with van der Waals surface area (Å²) < 4.78 is 17.4. The number of hydrogen-bond donors (Lipinski definition) is 3. The molecule has 55 heavy (non-hydrogen) atoms. The zero-order valence-electron chi connectivity index (χ0n) is 32.7. The second kappa shape index (κ2) is 16.9. The van der Waals surface area contributed by atoms with Crippen LogP contribution in [0.4, 0.5) is 0 Å². The van der Waals surface area contributed by atoms with E-state index >= 15 is 0 Å². The average molecular weight is 773 g/mol. The second-order valence-electron chi connectivity index (χ2n) is 14.7. The summed E-state index contributed by atoms with van der Waals surface area (Å²) in [6.07, 6.45) is 1.05. The van der Waals surface area contributed by atoms with Gasteiger partial charge in [0.25, 0.3) is 0 Å². The van der Waals surface area contributed by atoms with Gasteiger partial charge >= 0.3 is 0 Å². The van der Waals surface area contributed by atoms with Gasteiger partial charge in [-0.25, -0.2) is 0 Å². The Kier molecular flexibility index (Phi) is 12.3. The van der Waals surface area contributed by atoms with Gasteiger partial charge in [-0.15, -0.1) is 11.8 Å². The lowest BCUT2D eigenvalue weighted by Crippen LogP contribution is -2.59. The van der Waals surface area contributed by atoms with Crippen molar-refractivity contribution in [1.29, 1.82) is 0 Å². The van der Waals surface area contributed by atoms with E-state index in [0.29, 0.717) is 35.8 Å². The van der Waals surface area contributed by atoms with Crippen molar-refractivity contribution in [2.24, 2.45) is 0 Å². The Morgan fingerprint density at radius 2 is 1.36 bits per heavy atom. The van der Waals surface area contributed by atoms with Gasteiger partial charge < -0.3 is 34.2 Å². The Labute approximate surface area is 327 Å². The Hall–Kier alpha value is -4.79. The first-order valence-corrected chi connectivity index (χ1v) is 19.6. The van der Waals surface area contributed by atoms with Crippen LogP contribution in [0.2, 0.25) is 0 Å². The van der Waals surface area contributed by atoms with Crippen LogP contribution in [-0.4, -0.2) is 121 Å². The number of nitrogens with one attached hydrogen (secondary N) is 3. The summed E-state index contributed by atoms with van der Waals surface area (Å²) >= 11 is 1.48. The van der Waals surface area contributed by atoms with Crippen LogP contribution >= 0.6 is 11.8 Å². The van der Waals surface area contributed by atoms with E-state index in [2.05, 4.69) is 16.0 Å². The summed E-state index contributed by atoms with van der Waals surface area (Å²) in [5.41, 5.74) is 2.67. The SMILES string of the molecule is COc1ccc(C[C@H]2C3N[C@@H](C)C(=O)N(C)[C@H]4Cc5ccc(cc5)Oc5cc(ccc5OC)C[C@@H](C(N[C@H](C)C(=O)N[C@@H](C)C(=O)N2C)S3)N(C)C4=O)cc1. The van der Waals surface area contributed by atoms with Crippen molar-refractivity contribution < 1.29 is 33.4 Å². The molecule has 14 heteroatoms. The number of likely N-dealkylation sites (N-methyl/N-ethyl adjacent to an activating group) is 3. The van der Waals surface area contributed by atoms with Crippen molar-refractivity contribution in [1.82, 2.24) is 30.7 Å². The summed E-state index contributed by atoms with van der Waals surface area (Å²) in [5.74, 6) is 1.28. The van der Waals surface area contributed by atoms with E-state index in [0.717, 1.165) is 16.7 Å². The fourth-order valence-corrected chi connectivity index (χ4v) is 9.31. The molecule has 3 N–H and O–H groups in total. The van der Waals surface area contributed by atoms with E-state index < -0.39 is 47.0 Å². The van der Waals surface area contributed by atoms with Gasteiger partial charge in [0.1, 0.15) is 23.6 Å². The Bertz CT molecular complexity index is 1880. The summed E-state index contributed by atoms with van der Waals surface area (Å²) in [6.45, 7) is 5.23. The standard InChI is InChI=1S/C41H52N6O7S/c1-23-36(48)42-24(2)39(49)45(4)31(19-26-9-14-29(52-7)15-10-26)38-44-25(3)40(50)47(6)33-20-27-11-16-30(17-12-27)54-35-22-28(13-18-34(35)53-8)21-32(37(43-23)55-38)46(5)41(33)51/h9-18,22-25,31-33,37-38,43-44H,19-21H2,1-8H3,(H,42,48)/t23-,24+,25+,31+,32+,33+,37?,38?/m1/s1. The van der Waals surface area contributed by atoms with Crippen LogP contribution in [0.3, 0.4) is 0 Å². The van der Waals surface area contributed by atoms with E-state index in [1.54, 1.807) is 70.8 Å². The number of carbonyl (C=O) groups excluding carboxylic acids is 4. The first kappa shape index (κ1) is 39.9. The molecule has 8 atom stereocenters. The molecule has 0 spiro atoms. The molecule has 13 nitrogen and oxygen atoms in total. The molecular weight excluding hydrogens is 721 g/mol. The number of nitrogens with zero attached hydrogens (tertiary/aromatic N) is 3. The Balaban J connectivity index is 1.54. The van der Waals surface area contributed by atoms with Crippen LogP contribution < -0.4 is 30.2 Å². The molecule has 7 rings (SSSR count). The Morgan fingerprint density at radius 1 is 0.709 bits per heavy atom. The predicted octanol–water partition coefficient (Wildman–Crippen LogP) is 3.19. The first-order valence-electron chi connectivity index (χ1n) is 18.6. The highest BCUT2D eigenvalue weighted by atomic mass is 32.2. The third-order valence-corrected chi connectivity index (χ3v) is 12.4. The van der Waals surface area contributed by atoms with Crippen molar-refractivity contribution in [2.75, 3.05) is 35.4 Å². The van der Waals surface area contributed by atoms with Crippen LogP contribution in [0.25, 0.3) is 0 Å². The van der Waals surface area contributed by atoms with Crippen molar-refractivity contribution in [2.45, 2.75) is 87.0 Å². The summed E-state index contributed by atoms with van der Waals surface area (Å²) in [6, 6.07) is 16.7. The fraction of sp³-hybridized carbons (Fsp3) is 0.463. The van der Waals surface area contributed by atoms with E-state index in [4.69, 9.17) is 14.2 Å². The van der Waals surface area contributed by atoms with Gasteiger partial charge in [0.2, 0.25) is 23.6 Å². The topological polar surface area (TPSA) is 142 Å². The predicted molar refractivity (Wildman–Crippen MR) is 211 cm³/mol. The van der Waals surface area contributed by atoms with Crippen LogP contribution in [0.1, 0.15) is 37.5 Å². The van der Waals surface area contributed by atoms with Gasteiger partial charge in [0, 0.05) is 27.6 Å². The highest BCUT2D eigenvalue weighted by Crippen LogP contribution is 2.36. The third kappa shape index (κ3) is 8.71. The highest BCUT2D eigenvalue weighted by molar-refractivity contribution is 8.00. The maximum Gasteiger partial charge on any atom is 0.245 e. The number of rotatable bonds is 4. The smallest absolute Gasteiger partial charge is 0.245 e. The van der Waals surface area contributed by atoms with Gasteiger partial charge in [-0.2, -0.15) is 0 Å². The third-order valence-electron chi connectivity index (χ3n) is 11.0. The molecule has 2 unspecified atom stereocenters. The molecule has 0 aliphatic carbocycles. The molecular formula is C41H52N6O7S. The number of methoxy groups -OCH3 is 2. The largest absolute Gasteiger partial charge is 0.497 e. The highest BCUT2D eigenvalue weighted by Gasteiger charge is 2.43. The zero-order chi connectivity index (χ0) is 39.6. The van der Waals surface area contributed by atoms with Crippen molar-refractivity contribution >= 4 is 35.4 Å². The first-order chi connectivity index (χ1) is 26.3. The minimum Gasteiger partial charge on any atom is -0.497 e. The molecule has 0 radical (unpaired) electrons. The van der Waals surface area contributed by atoms with E-state index in [9.17, 15) is 19.2 Å². The number of carbonyl (C=O) groups is 4. The zero-order valence-corrected chi connectivity index (χ0v) is 33.5. The average Bonchev–Trinajstić information content (AvgIpc) is 3.20. The maximum absolute atomic E-state index is 14.9. The molecule has 0 saturated carbocycles. The van der Waals surface area contributed by atoms with Crippen molar-refractivity contribution in [3.8, 4) is 23.0 Å². The van der Waals surface area contributed by atoms with Crippen LogP contribution in [0.5, 0.6) is 23.0 Å². The Morgan fingerprint density at radius 3 is 2.04 bits per heavy atom. The molecule has 2 saturated heterocycles. The van der Waals surface area contributed by atoms with Gasteiger partial charge in [-0.05, 0) is 86.7 Å². The van der Waals surface area contributed by atoms with E-state index in [-0.39, 0.29) is 30.0 Å². The lowest BCUT2D eigenvalue weighted by atomic mass is 9.99. The van der Waals surface area contributed by atoms with Crippen LogP contribution in [0.15, 0.2) is 66.7 Å². The quantitative estimate of drug-likeness (QED) is 0.362. The molecule has 4 heterocycles. The molecule has 294 valence electrons. The molecule has 8 bridgehead atoms. The van der Waals surface area contributed by atoms with Crippen LogP contribution in [-0.2, 0) is 38.4 Å². The van der Waals surface area contributed by atoms with Gasteiger partial charge in [-0.3, -0.25) is 29.8 Å². The number of benzene rings is 3. The number of thioether (sulfide) groups is 1. The number of ether oxygens (including phenoxy) is 3.